The van der Waals surface area contributed by atoms with E-state index in [2.05, 4.69) is 4.90 Å². The van der Waals surface area contributed by atoms with E-state index in [1.165, 1.54) is 6.07 Å². The number of benzene rings is 1. The third kappa shape index (κ3) is 4.62. The monoisotopic (exact) mass is 258 g/mol. The second kappa shape index (κ2) is 6.94. The van der Waals surface area contributed by atoms with Gasteiger partial charge in [-0.3, -0.25) is 0 Å². The van der Waals surface area contributed by atoms with Gasteiger partial charge in [-0.2, -0.15) is 0 Å². The Hall–Kier alpha value is -0.640. The van der Waals surface area contributed by atoms with Crippen molar-refractivity contribution in [2.45, 2.75) is 26.3 Å². The molecule has 2 nitrogen and oxygen atoms in total. The summed E-state index contributed by atoms with van der Waals surface area (Å²) in [6.45, 7) is 4.05. The summed E-state index contributed by atoms with van der Waals surface area (Å²) < 4.78 is 13.4. The number of nitrogens with two attached hydrogens (primary N) is 1. The van der Waals surface area contributed by atoms with E-state index >= 15 is 0 Å². The second-order valence-corrected chi connectivity index (χ2v) is 4.83. The zero-order valence-electron chi connectivity index (χ0n) is 10.5. The Morgan fingerprint density at radius 2 is 2.06 bits per heavy atom. The molecule has 0 unspecified atom stereocenters. The average molecular weight is 259 g/mol. The van der Waals surface area contributed by atoms with E-state index in [-0.39, 0.29) is 5.82 Å². The largest absolute Gasteiger partial charge is 0.330 e. The Kier molecular flexibility index (Phi) is 5.89. The Balaban J connectivity index is 2.58. The van der Waals surface area contributed by atoms with Gasteiger partial charge in [-0.05, 0) is 63.2 Å². The van der Waals surface area contributed by atoms with Crippen molar-refractivity contribution in [1.29, 1.82) is 0 Å². The van der Waals surface area contributed by atoms with Crippen molar-refractivity contribution in [3.63, 3.8) is 0 Å². The van der Waals surface area contributed by atoms with Crippen LogP contribution in [0.15, 0.2) is 12.1 Å². The molecule has 96 valence electrons. The first-order chi connectivity index (χ1) is 8.04. The van der Waals surface area contributed by atoms with Crippen LogP contribution in [0.4, 0.5) is 4.39 Å². The fourth-order valence-corrected chi connectivity index (χ4v) is 1.98. The highest BCUT2D eigenvalue weighted by atomic mass is 35.5. The lowest BCUT2D eigenvalue weighted by Gasteiger charge is -2.17. The number of hydrogen-bond donors (Lipinski definition) is 1. The number of hydrogen-bond acceptors (Lipinski definition) is 2. The normalized spacial score (nSPS) is 11.2. The molecule has 0 saturated carbocycles. The predicted molar refractivity (Wildman–Crippen MR) is 70.8 cm³/mol. The zero-order chi connectivity index (χ0) is 12.8. The lowest BCUT2D eigenvalue weighted by molar-refractivity contribution is 0.319. The van der Waals surface area contributed by atoms with E-state index in [1.54, 1.807) is 13.0 Å². The summed E-state index contributed by atoms with van der Waals surface area (Å²) in [6, 6.07) is 3.21. The van der Waals surface area contributed by atoms with Crippen LogP contribution in [0.25, 0.3) is 0 Å². The van der Waals surface area contributed by atoms with Crippen molar-refractivity contribution in [2.24, 2.45) is 5.73 Å². The van der Waals surface area contributed by atoms with Gasteiger partial charge in [0.25, 0.3) is 0 Å². The molecule has 0 aliphatic heterocycles. The van der Waals surface area contributed by atoms with Gasteiger partial charge in [0.2, 0.25) is 0 Å². The summed E-state index contributed by atoms with van der Waals surface area (Å²) in [4.78, 5) is 2.13. The van der Waals surface area contributed by atoms with Crippen LogP contribution in [0.3, 0.4) is 0 Å². The Morgan fingerprint density at radius 1 is 1.35 bits per heavy atom. The molecule has 17 heavy (non-hydrogen) atoms. The Bertz CT molecular complexity index is 369. The summed E-state index contributed by atoms with van der Waals surface area (Å²) in [6.07, 6.45) is 2.07. The SMILES string of the molecule is Cc1cc(Cl)c(CN(C)CCCCN)cc1F. The number of halogens is 2. The molecule has 0 heterocycles. The van der Waals surface area contributed by atoms with E-state index in [0.29, 0.717) is 23.7 Å². The maximum atomic E-state index is 13.4. The lowest BCUT2D eigenvalue weighted by atomic mass is 10.1. The standard InChI is InChI=1S/C13H20ClFN2/c1-10-7-12(14)11(8-13(10)15)9-17(2)6-4-3-5-16/h7-8H,3-6,9,16H2,1-2H3. The molecule has 0 aliphatic rings. The topological polar surface area (TPSA) is 29.3 Å². The first-order valence-electron chi connectivity index (χ1n) is 5.87. The van der Waals surface area contributed by atoms with Crippen LogP contribution >= 0.6 is 11.6 Å². The van der Waals surface area contributed by atoms with Crippen LogP contribution in [0.2, 0.25) is 5.02 Å². The summed E-state index contributed by atoms with van der Waals surface area (Å²) in [5, 5.41) is 0.634. The Morgan fingerprint density at radius 3 is 2.71 bits per heavy atom. The van der Waals surface area contributed by atoms with E-state index in [0.717, 1.165) is 24.9 Å². The van der Waals surface area contributed by atoms with Gasteiger partial charge < -0.3 is 10.6 Å². The highest BCUT2D eigenvalue weighted by molar-refractivity contribution is 6.31. The van der Waals surface area contributed by atoms with E-state index in [4.69, 9.17) is 17.3 Å². The molecular formula is C13H20ClFN2. The molecule has 0 spiro atoms. The van der Waals surface area contributed by atoms with Crippen molar-refractivity contribution < 1.29 is 4.39 Å². The maximum absolute atomic E-state index is 13.4. The number of aryl methyl sites for hydroxylation is 1. The quantitative estimate of drug-likeness (QED) is 0.795. The molecule has 0 fully saturated rings. The predicted octanol–water partition coefficient (Wildman–Crippen LogP) is 2.96. The number of unbranched alkanes of at least 4 members (excludes halogenated alkanes) is 1. The molecule has 0 radical (unpaired) electrons. The van der Waals surface area contributed by atoms with Crippen LogP contribution < -0.4 is 5.73 Å². The van der Waals surface area contributed by atoms with Gasteiger partial charge in [-0.1, -0.05) is 11.6 Å². The molecule has 1 rings (SSSR count). The summed E-state index contributed by atoms with van der Waals surface area (Å²) in [5.41, 5.74) is 6.86. The summed E-state index contributed by atoms with van der Waals surface area (Å²) in [7, 11) is 2.00. The molecule has 0 saturated heterocycles. The Labute approximate surface area is 108 Å². The third-order valence-electron chi connectivity index (χ3n) is 2.76. The highest BCUT2D eigenvalue weighted by Gasteiger charge is 2.08. The molecule has 0 aromatic heterocycles. The van der Waals surface area contributed by atoms with Crippen LogP contribution in [-0.4, -0.2) is 25.0 Å². The molecule has 0 aliphatic carbocycles. The fourth-order valence-electron chi connectivity index (χ4n) is 1.70. The van der Waals surface area contributed by atoms with Crippen molar-refractivity contribution >= 4 is 11.6 Å². The minimum absolute atomic E-state index is 0.195. The van der Waals surface area contributed by atoms with Crippen molar-refractivity contribution in [3.05, 3.63) is 34.1 Å². The maximum Gasteiger partial charge on any atom is 0.126 e. The van der Waals surface area contributed by atoms with Gasteiger partial charge in [0, 0.05) is 11.6 Å². The number of rotatable bonds is 6. The molecule has 2 N–H and O–H groups in total. The van der Waals surface area contributed by atoms with Gasteiger partial charge >= 0.3 is 0 Å². The molecule has 0 amide bonds. The lowest BCUT2D eigenvalue weighted by Crippen LogP contribution is -2.20. The van der Waals surface area contributed by atoms with Crippen LogP contribution in [0.1, 0.15) is 24.0 Å². The molecule has 0 bridgehead atoms. The van der Waals surface area contributed by atoms with Crippen LogP contribution in [-0.2, 0) is 6.54 Å². The van der Waals surface area contributed by atoms with E-state index < -0.39 is 0 Å². The van der Waals surface area contributed by atoms with Gasteiger partial charge in [0.1, 0.15) is 5.82 Å². The van der Waals surface area contributed by atoms with Gasteiger partial charge in [0.15, 0.2) is 0 Å². The van der Waals surface area contributed by atoms with Gasteiger partial charge in [-0.25, -0.2) is 4.39 Å². The molecule has 4 heteroatoms. The summed E-state index contributed by atoms with van der Waals surface area (Å²) in [5.74, 6) is -0.195. The number of nitrogens with zero attached hydrogens (tertiary/aromatic N) is 1. The minimum atomic E-state index is -0.195. The van der Waals surface area contributed by atoms with Crippen molar-refractivity contribution in [2.75, 3.05) is 20.1 Å². The van der Waals surface area contributed by atoms with Crippen LogP contribution in [0, 0.1) is 12.7 Å². The smallest absolute Gasteiger partial charge is 0.126 e. The first kappa shape index (κ1) is 14.4. The van der Waals surface area contributed by atoms with Crippen LogP contribution in [0.5, 0.6) is 0 Å². The second-order valence-electron chi connectivity index (χ2n) is 4.43. The average Bonchev–Trinajstić information content (AvgIpc) is 2.26. The fraction of sp³-hybridized carbons (Fsp3) is 0.538. The molecular weight excluding hydrogens is 239 g/mol. The van der Waals surface area contributed by atoms with Gasteiger partial charge in [0.05, 0.1) is 0 Å². The van der Waals surface area contributed by atoms with Gasteiger partial charge in [-0.15, -0.1) is 0 Å². The first-order valence-corrected chi connectivity index (χ1v) is 6.25. The van der Waals surface area contributed by atoms with E-state index in [9.17, 15) is 4.39 Å². The summed E-state index contributed by atoms with van der Waals surface area (Å²) >= 11 is 6.09. The third-order valence-corrected chi connectivity index (χ3v) is 3.11. The molecule has 1 aromatic carbocycles. The van der Waals surface area contributed by atoms with Crippen molar-refractivity contribution in [3.8, 4) is 0 Å². The van der Waals surface area contributed by atoms with Crippen molar-refractivity contribution in [1.82, 2.24) is 4.90 Å². The zero-order valence-corrected chi connectivity index (χ0v) is 11.2. The molecule has 1 aromatic rings. The van der Waals surface area contributed by atoms with E-state index in [1.807, 2.05) is 7.05 Å². The highest BCUT2D eigenvalue weighted by Crippen LogP contribution is 2.21. The minimum Gasteiger partial charge on any atom is -0.330 e. The molecule has 0 atom stereocenters.